The van der Waals surface area contributed by atoms with Crippen molar-refractivity contribution in [2.24, 2.45) is 0 Å². The zero-order valence-corrected chi connectivity index (χ0v) is 50.3. The van der Waals surface area contributed by atoms with Gasteiger partial charge in [-0.2, -0.15) is 0 Å². The predicted molar refractivity (Wildman–Crippen MR) is 318 cm³/mol. The number of unbranched alkanes of at least 4 members (excludes halogenated alkanes) is 51. The molecule has 426 valence electrons. The Morgan fingerprint density at radius 1 is 0.233 bits per heavy atom. The van der Waals surface area contributed by atoms with Crippen LogP contribution in [0.5, 0.6) is 0 Å². The lowest BCUT2D eigenvalue weighted by atomic mass is 10.0. The molecule has 7 heteroatoms. The molecule has 0 saturated heterocycles. The molecule has 0 aliphatic heterocycles. The van der Waals surface area contributed by atoms with Gasteiger partial charge in [-0.15, -0.1) is 0 Å². The van der Waals surface area contributed by atoms with E-state index >= 15 is 0 Å². The molecule has 0 spiro atoms. The molecule has 0 unspecified atom stereocenters. The van der Waals surface area contributed by atoms with Crippen molar-refractivity contribution in [2.75, 3.05) is 0 Å². The third-order valence-corrected chi connectivity index (χ3v) is 16.1. The number of hydrogen-bond acceptors (Lipinski definition) is 6. The van der Waals surface area contributed by atoms with Crippen LogP contribution in [0.25, 0.3) is 0 Å². The molecule has 0 amide bonds. The molecule has 0 aromatic heterocycles. The summed E-state index contributed by atoms with van der Waals surface area (Å²) in [5.41, 5.74) is 0. The van der Waals surface area contributed by atoms with Crippen molar-refractivity contribution in [1.82, 2.24) is 0 Å². The molecule has 0 atom stereocenters. The van der Waals surface area contributed by atoms with Crippen molar-refractivity contribution >= 4 is 33.1 Å². The van der Waals surface area contributed by atoms with E-state index in [1.165, 1.54) is 307 Å². The van der Waals surface area contributed by atoms with E-state index in [-0.39, 0.29) is 0 Å². The van der Waals surface area contributed by atoms with Crippen LogP contribution < -0.4 is 0 Å². The van der Waals surface area contributed by atoms with Crippen molar-refractivity contribution in [3.8, 4) is 0 Å². The monoisotopic (exact) mass is 1040 g/mol. The Bertz CT molecular complexity index is 1080. The SMILES string of the molecule is CCCCCCCCCCCCCCCCCCCC=CC(=O)[O][Al]([O]C(=O)C=CCCCCCCCCCCCCCCCCCCC)[O]C(=O)C=CCCCCCCCCCCCCCCCCCCC. The minimum atomic E-state index is -3.41. The molecule has 0 aliphatic carbocycles. The van der Waals surface area contributed by atoms with E-state index in [9.17, 15) is 14.4 Å². The maximum absolute atomic E-state index is 12.8. The first kappa shape index (κ1) is 71.2. The summed E-state index contributed by atoms with van der Waals surface area (Å²) in [5.74, 6) is -1.91. The fourth-order valence-corrected chi connectivity index (χ4v) is 10.9. The lowest BCUT2D eigenvalue weighted by molar-refractivity contribution is -0.141. The summed E-state index contributed by atoms with van der Waals surface area (Å²) >= 11 is -3.41. The summed E-state index contributed by atoms with van der Waals surface area (Å²) in [6.07, 6.45) is 79.9. The van der Waals surface area contributed by atoms with E-state index in [1.807, 2.05) is 18.2 Å². The van der Waals surface area contributed by atoms with Crippen molar-refractivity contribution in [3.05, 3.63) is 36.5 Å². The van der Waals surface area contributed by atoms with Gasteiger partial charge in [-0.3, -0.25) is 14.4 Å². The van der Waals surface area contributed by atoms with Crippen LogP contribution in [0.2, 0.25) is 0 Å². The molecule has 0 aromatic carbocycles. The van der Waals surface area contributed by atoms with Gasteiger partial charge < -0.3 is 11.4 Å². The van der Waals surface area contributed by atoms with Gasteiger partial charge in [0.25, 0.3) is 17.9 Å². The Kier molecular flexibility index (Phi) is 61.1. The summed E-state index contributed by atoms with van der Waals surface area (Å²) in [6.45, 7) is 6.85. The molecule has 0 fully saturated rings. The highest BCUT2D eigenvalue weighted by molar-refractivity contribution is 6.45. The fourth-order valence-electron chi connectivity index (χ4n) is 9.97. The molecule has 6 nitrogen and oxygen atoms in total. The van der Waals surface area contributed by atoms with Gasteiger partial charge in [0.2, 0.25) is 0 Å². The van der Waals surface area contributed by atoms with Crippen molar-refractivity contribution in [3.63, 3.8) is 0 Å². The van der Waals surface area contributed by atoms with Gasteiger partial charge in [-0.05, 0) is 38.5 Å². The molecule has 0 N–H and O–H groups in total. The Morgan fingerprint density at radius 2 is 0.370 bits per heavy atom. The first-order chi connectivity index (χ1) is 36.0. The van der Waals surface area contributed by atoms with E-state index in [2.05, 4.69) is 20.8 Å². The van der Waals surface area contributed by atoms with Crippen molar-refractivity contribution in [2.45, 2.75) is 367 Å². The molecule has 0 saturated carbocycles. The molecular formula is C66H123AlO6. The fraction of sp³-hybridized carbons (Fsp3) is 0.864. The Hall–Kier alpha value is -1.84. The van der Waals surface area contributed by atoms with Crippen LogP contribution in [0.1, 0.15) is 367 Å². The van der Waals surface area contributed by atoms with Crippen LogP contribution in [0, 0.1) is 0 Å². The zero-order chi connectivity index (χ0) is 52.9. The molecule has 0 heterocycles. The molecule has 73 heavy (non-hydrogen) atoms. The largest absolute Gasteiger partial charge is 1.20 e. The quantitative estimate of drug-likeness (QED) is 0.0343. The van der Waals surface area contributed by atoms with Crippen molar-refractivity contribution < 1.29 is 25.7 Å². The number of allylic oxidation sites excluding steroid dienone is 3. The maximum atomic E-state index is 12.8. The molecular weight excluding hydrogens is 916 g/mol. The van der Waals surface area contributed by atoms with Gasteiger partial charge in [-0.1, -0.05) is 347 Å². The van der Waals surface area contributed by atoms with E-state index < -0.39 is 33.1 Å². The number of carbonyl (C=O) groups is 3. The van der Waals surface area contributed by atoms with Gasteiger partial charge in [0.15, 0.2) is 0 Å². The second kappa shape index (κ2) is 62.7. The van der Waals surface area contributed by atoms with Crippen molar-refractivity contribution in [1.29, 1.82) is 0 Å². The third-order valence-electron chi connectivity index (χ3n) is 14.8. The predicted octanol–water partition coefficient (Wildman–Crippen LogP) is 22.4. The Labute approximate surface area is 460 Å². The molecule has 0 aliphatic rings. The summed E-state index contributed by atoms with van der Waals surface area (Å²) < 4.78 is 16.4. The van der Waals surface area contributed by atoms with Crippen LogP contribution in [-0.4, -0.2) is 33.1 Å². The number of rotatable bonds is 60. The summed E-state index contributed by atoms with van der Waals surface area (Å²) in [5, 5.41) is 0. The first-order valence-corrected chi connectivity index (χ1v) is 34.1. The normalized spacial score (nSPS) is 11.7. The van der Waals surface area contributed by atoms with E-state index in [1.54, 1.807) is 0 Å². The first-order valence-electron chi connectivity index (χ1n) is 32.6. The summed E-state index contributed by atoms with van der Waals surface area (Å²) in [6, 6.07) is 0. The highest BCUT2D eigenvalue weighted by Crippen LogP contribution is 2.18. The van der Waals surface area contributed by atoms with Gasteiger partial charge in [0.05, 0.1) is 0 Å². The lowest BCUT2D eigenvalue weighted by Gasteiger charge is -2.10. The lowest BCUT2D eigenvalue weighted by Crippen LogP contribution is -2.33. The number of hydrogen-bond donors (Lipinski definition) is 0. The van der Waals surface area contributed by atoms with E-state index in [0.717, 1.165) is 57.8 Å². The third kappa shape index (κ3) is 60.9. The van der Waals surface area contributed by atoms with Crippen LogP contribution in [0.4, 0.5) is 0 Å². The van der Waals surface area contributed by atoms with E-state index in [4.69, 9.17) is 11.4 Å². The Balaban J connectivity index is 4.45. The number of carbonyl (C=O) groups excluding carboxylic acids is 3. The van der Waals surface area contributed by atoms with Gasteiger partial charge in [0, 0.05) is 18.2 Å². The average Bonchev–Trinajstić information content (AvgIpc) is 3.38. The average molecular weight is 1040 g/mol. The van der Waals surface area contributed by atoms with Crippen LogP contribution >= 0.6 is 0 Å². The summed E-state index contributed by atoms with van der Waals surface area (Å²) in [4.78, 5) is 38.4. The van der Waals surface area contributed by atoms with Gasteiger partial charge >= 0.3 is 15.1 Å². The van der Waals surface area contributed by atoms with Gasteiger partial charge in [0.1, 0.15) is 0 Å². The van der Waals surface area contributed by atoms with E-state index in [0.29, 0.717) is 0 Å². The van der Waals surface area contributed by atoms with Crippen LogP contribution in [0.3, 0.4) is 0 Å². The van der Waals surface area contributed by atoms with Crippen LogP contribution in [0.15, 0.2) is 36.5 Å². The Morgan fingerprint density at radius 3 is 0.521 bits per heavy atom. The molecule has 0 radical (unpaired) electrons. The molecule has 0 rings (SSSR count). The summed E-state index contributed by atoms with van der Waals surface area (Å²) in [7, 11) is 0. The molecule has 0 aromatic rings. The second-order valence-electron chi connectivity index (χ2n) is 22.1. The topological polar surface area (TPSA) is 78.9 Å². The van der Waals surface area contributed by atoms with Gasteiger partial charge in [-0.25, -0.2) is 0 Å². The molecule has 0 bridgehead atoms. The van der Waals surface area contributed by atoms with Crippen LogP contribution in [-0.2, 0) is 25.7 Å². The second-order valence-corrected chi connectivity index (χ2v) is 23.4. The maximum Gasteiger partial charge on any atom is 1.20 e. The minimum Gasteiger partial charge on any atom is -0.547 e. The zero-order valence-electron chi connectivity index (χ0n) is 49.2. The highest BCUT2D eigenvalue weighted by atomic mass is 27.3. The highest BCUT2D eigenvalue weighted by Gasteiger charge is 2.48. The smallest absolute Gasteiger partial charge is 0.547 e. The standard InChI is InChI=1S/3C22H42O2.Al/c3*1-2-3-4-5-6-7-8-9-10-11-12-13-14-15-16-17-18-19-20-21-22(23)24;/h3*20-21H,2-19H2,1H3,(H,23,24);/q;;;+3/p-3. The minimum absolute atomic E-state index is 0.635.